The highest BCUT2D eigenvalue weighted by molar-refractivity contribution is 5.77. The Morgan fingerprint density at radius 2 is 2.00 bits per heavy atom. The molecule has 4 rings (SSSR count). The monoisotopic (exact) mass is 420 g/mol. The van der Waals surface area contributed by atoms with Crippen LogP contribution in [0.5, 0.6) is 5.75 Å². The van der Waals surface area contributed by atoms with Crippen LogP contribution in [0.15, 0.2) is 71.4 Å². The van der Waals surface area contributed by atoms with Gasteiger partial charge in [0.05, 0.1) is 13.2 Å². The Balaban J connectivity index is 1.46. The number of halogens is 1. The second-order valence-electron chi connectivity index (χ2n) is 7.02. The van der Waals surface area contributed by atoms with Crippen LogP contribution in [0, 0.1) is 5.82 Å². The van der Waals surface area contributed by atoms with Crippen molar-refractivity contribution in [3.63, 3.8) is 0 Å². The number of benzene rings is 2. The van der Waals surface area contributed by atoms with Crippen molar-refractivity contribution in [3.05, 3.63) is 78.2 Å². The van der Waals surface area contributed by atoms with Gasteiger partial charge in [-0.25, -0.2) is 4.39 Å². The van der Waals surface area contributed by atoms with E-state index in [0.717, 1.165) is 11.3 Å². The summed E-state index contributed by atoms with van der Waals surface area (Å²) in [5.74, 6) is 0.859. The van der Waals surface area contributed by atoms with Crippen molar-refractivity contribution in [2.24, 2.45) is 0 Å². The highest BCUT2D eigenvalue weighted by Gasteiger charge is 2.17. The zero-order valence-corrected chi connectivity index (χ0v) is 17.1. The Labute approximate surface area is 178 Å². The van der Waals surface area contributed by atoms with E-state index in [4.69, 9.17) is 9.26 Å². The summed E-state index contributed by atoms with van der Waals surface area (Å²) in [6.45, 7) is 2.00. The lowest BCUT2D eigenvalue weighted by Crippen LogP contribution is -2.30. The number of nitrogens with zero attached hydrogens (tertiary/aromatic N) is 3. The van der Waals surface area contributed by atoms with Crippen LogP contribution in [0.1, 0.15) is 18.5 Å². The summed E-state index contributed by atoms with van der Waals surface area (Å²) < 4.78 is 25.5. The molecule has 0 fully saturated rings. The van der Waals surface area contributed by atoms with Crippen molar-refractivity contribution in [1.82, 2.24) is 20.0 Å². The molecule has 0 radical (unpaired) electrons. The van der Waals surface area contributed by atoms with Crippen molar-refractivity contribution in [1.29, 1.82) is 0 Å². The minimum Gasteiger partial charge on any atom is -0.497 e. The SMILES string of the molecule is COc1cccc(C(C)NC(=O)Cn2cccc2-c2nc(-c3ccc(F)cc3)no2)c1. The minimum atomic E-state index is -0.337. The molecular weight excluding hydrogens is 399 g/mol. The summed E-state index contributed by atoms with van der Waals surface area (Å²) in [4.78, 5) is 17.0. The van der Waals surface area contributed by atoms with Gasteiger partial charge in [0.15, 0.2) is 0 Å². The van der Waals surface area contributed by atoms with Crippen molar-refractivity contribution >= 4 is 5.91 Å². The third kappa shape index (κ3) is 4.63. The fraction of sp³-hybridized carbons (Fsp3) is 0.174. The standard InChI is InChI=1S/C23H21FN4O3/c1-15(17-5-3-6-19(13-17)30-2)25-21(29)14-28-12-4-7-20(28)23-26-22(27-31-23)16-8-10-18(24)11-9-16/h3-13,15H,14H2,1-2H3,(H,25,29). The van der Waals surface area contributed by atoms with Crippen LogP contribution >= 0.6 is 0 Å². The highest BCUT2D eigenvalue weighted by Crippen LogP contribution is 2.23. The summed E-state index contributed by atoms with van der Waals surface area (Å²) in [7, 11) is 1.61. The van der Waals surface area contributed by atoms with Crippen LogP contribution in [0.2, 0.25) is 0 Å². The number of ether oxygens (including phenoxy) is 1. The number of rotatable bonds is 7. The number of carbonyl (C=O) groups excluding carboxylic acids is 1. The maximum Gasteiger partial charge on any atom is 0.274 e. The Kier molecular flexibility index (Phi) is 5.79. The Morgan fingerprint density at radius 1 is 1.19 bits per heavy atom. The average Bonchev–Trinajstić information content (AvgIpc) is 3.43. The molecule has 2 heterocycles. The lowest BCUT2D eigenvalue weighted by Gasteiger charge is -2.16. The summed E-state index contributed by atoms with van der Waals surface area (Å²) >= 11 is 0. The zero-order valence-electron chi connectivity index (χ0n) is 17.1. The van der Waals surface area contributed by atoms with E-state index in [2.05, 4.69) is 15.5 Å². The summed E-state index contributed by atoms with van der Waals surface area (Å²) in [5.41, 5.74) is 2.20. The van der Waals surface area contributed by atoms with Gasteiger partial charge in [0.25, 0.3) is 5.89 Å². The number of methoxy groups -OCH3 is 1. The summed E-state index contributed by atoms with van der Waals surface area (Å²) in [6.07, 6.45) is 1.77. The lowest BCUT2D eigenvalue weighted by atomic mass is 10.1. The van der Waals surface area contributed by atoms with Gasteiger partial charge in [0, 0.05) is 11.8 Å². The number of carbonyl (C=O) groups is 1. The molecule has 0 spiro atoms. The second kappa shape index (κ2) is 8.83. The van der Waals surface area contributed by atoms with Crippen molar-refractivity contribution in [2.45, 2.75) is 19.5 Å². The van der Waals surface area contributed by atoms with Crippen LogP contribution < -0.4 is 10.1 Å². The van der Waals surface area contributed by atoms with Gasteiger partial charge in [-0.3, -0.25) is 4.79 Å². The zero-order chi connectivity index (χ0) is 21.8. The maximum atomic E-state index is 13.1. The van der Waals surface area contributed by atoms with E-state index in [-0.39, 0.29) is 30.2 Å². The minimum absolute atomic E-state index is 0.0882. The van der Waals surface area contributed by atoms with Gasteiger partial charge in [-0.05, 0) is 61.0 Å². The molecular formula is C23H21FN4O3. The molecule has 1 unspecified atom stereocenters. The topological polar surface area (TPSA) is 82.2 Å². The molecule has 0 aliphatic carbocycles. The average molecular weight is 420 g/mol. The van der Waals surface area contributed by atoms with Gasteiger partial charge >= 0.3 is 0 Å². The molecule has 7 nitrogen and oxygen atoms in total. The van der Waals surface area contributed by atoms with E-state index in [1.165, 1.54) is 12.1 Å². The first kappa shape index (κ1) is 20.3. The highest BCUT2D eigenvalue weighted by atomic mass is 19.1. The van der Waals surface area contributed by atoms with Crippen molar-refractivity contribution in [2.75, 3.05) is 7.11 Å². The molecule has 0 bridgehead atoms. The molecule has 158 valence electrons. The van der Waals surface area contributed by atoms with Gasteiger partial charge in [-0.1, -0.05) is 17.3 Å². The van der Waals surface area contributed by atoms with Crippen LogP contribution in [-0.4, -0.2) is 27.7 Å². The molecule has 2 aromatic carbocycles. The first-order valence-electron chi connectivity index (χ1n) is 9.72. The molecule has 0 aliphatic rings. The Morgan fingerprint density at radius 3 is 2.77 bits per heavy atom. The molecule has 4 aromatic rings. The van der Waals surface area contributed by atoms with Crippen LogP contribution in [0.25, 0.3) is 23.0 Å². The normalized spacial score (nSPS) is 11.8. The smallest absolute Gasteiger partial charge is 0.274 e. The fourth-order valence-corrected chi connectivity index (χ4v) is 3.23. The van der Waals surface area contributed by atoms with E-state index in [0.29, 0.717) is 17.1 Å². The second-order valence-corrected chi connectivity index (χ2v) is 7.02. The van der Waals surface area contributed by atoms with Gasteiger partial charge in [0.1, 0.15) is 23.8 Å². The van der Waals surface area contributed by atoms with Gasteiger partial charge in [0.2, 0.25) is 11.7 Å². The Bertz CT molecular complexity index is 1180. The van der Waals surface area contributed by atoms with E-state index in [1.807, 2.05) is 31.2 Å². The van der Waals surface area contributed by atoms with Gasteiger partial charge < -0.3 is 19.1 Å². The van der Waals surface area contributed by atoms with Gasteiger partial charge in [-0.15, -0.1) is 0 Å². The molecule has 1 amide bonds. The molecule has 2 aromatic heterocycles. The van der Waals surface area contributed by atoms with Crippen molar-refractivity contribution < 1.29 is 18.4 Å². The lowest BCUT2D eigenvalue weighted by molar-refractivity contribution is -0.122. The van der Waals surface area contributed by atoms with Crippen LogP contribution in [-0.2, 0) is 11.3 Å². The number of hydrogen-bond acceptors (Lipinski definition) is 5. The first-order chi connectivity index (χ1) is 15.0. The summed E-state index contributed by atoms with van der Waals surface area (Å²) in [5, 5.41) is 6.95. The molecule has 0 saturated heterocycles. The molecule has 0 saturated carbocycles. The maximum absolute atomic E-state index is 13.1. The third-order valence-corrected chi connectivity index (χ3v) is 4.86. The van der Waals surface area contributed by atoms with E-state index < -0.39 is 0 Å². The molecule has 1 atom stereocenters. The predicted octanol–water partition coefficient (Wildman–Crippen LogP) is 4.23. The van der Waals surface area contributed by atoms with Crippen LogP contribution in [0.4, 0.5) is 4.39 Å². The fourth-order valence-electron chi connectivity index (χ4n) is 3.23. The molecule has 8 heteroatoms. The number of hydrogen-bond donors (Lipinski definition) is 1. The van der Waals surface area contributed by atoms with Crippen molar-refractivity contribution in [3.8, 4) is 28.7 Å². The van der Waals surface area contributed by atoms with E-state index >= 15 is 0 Å². The quantitative estimate of drug-likeness (QED) is 0.484. The largest absolute Gasteiger partial charge is 0.497 e. The van der Waals surface area contributed by atoms with Crippen LogP contribution in [0.3, 0.4) is 0 Å². The number of nitrogens with one attached hydrogen (secondary N) is 1. The summed E-state index contributed by atoms with van der Waals surface area (Å²) in [6, 6.07) is 16.8. The predicted molar refractivity (Wildman–Crippen MR) is 113 cm³/mol. The Hall–Kier alpha value is -3.94. The molecule has 1 N–H and O–H groups in total. The van der Waals surface area contributed by atoms with E-state index in [9.17, 15) is 9.18 Å². The number of amides is 1. The first-order valence-corrected chi connectivity index (χ1v) is 9.72. The molecule has 31 heavy (non-hydrogen) atoms. The third-order valence-electron chi connectivity index (χ3n) is 4.86. The van der Waals surface area contributed by atoms with E-state index in [1.54, 1.807) is 42.1 Å². The molecule has 0 aliphatic heterocycles. The number of aromatic nitrogens is 3. The van der Waals surface area contributed by atoms with Gasteiger partial charge in [-0.2, -0.15) is 4.98 Å².